The first-order valence-electron chi connectivity index (χ1n) is 7.41. The van der Waals surface area contributed by atoms with Crippen molar-refractivity contribution in [1.29, 1.82) is 0 Å². The third kappa shape index (κ3) is 9.17. The number of Topliss-reactive ketones (excluding diaryl/α,β-unsaturated/α-hetero) is 1. The van der Waals surface area contributed by atoms with Crippen LogP contribution in [-0.2, 0) is 14.4 Å². The van der Waals surface area contributed by atoms with E-state index in [1.165, 1.54) is 13.8 Å². The van der Waals surface area contributed by atoms with E-state index in [1.54, 1.807) is 14.0 Å². The van der Waals surface area contributed by atoms with Gasteiger partial charge in [-0.15, -0.1) is 0 Å². The molecule has 2 amide bonds. The van der Waals surface area contributed by atoms with Crippen molar-refractivity contribution in [3.63, 3.8) is 0 Å². The van der Waals surface area contributed by atoms with E-state index in [9.17, 15) is 19.3 Å². The number of ketones is 1. The van der Waals surface area contributed by atoms with Crippen molar-refractivity contribution >= 4 is 17.6 Å². The summed E-state index contributed by atoms with van der Waals surface area (Å²) in [6, 6.07) is -1.96. The van der Waals surface area contributed by atoms with E-state index in [1.807, 2.05) is 13.8 Å². The Labute approximate surface area is 131 Å². The number of hydrogen-bond donors (Lipinski definition) is 3. The number of nitroso groups, excluding NO2 is 1. The van der Waals surface area contributed by atoms with Gasteiger partial charge in [0.25, 0.3) is 0 Å². The van der Waals surface area contributed by atoms with E-state index >= 15 is 0 Å². The molecule has 0 radical (unpaired) electrons. The van der Waals surface area contributed by atoms with Gasteiger partial charge in [0.15, 0.2) is 5.78 Å². The van der Waals surface area contributed by atoms with Crippen LogP contribution in [0.5, 0.6) is 0 Å². The predicted octanol–water partition coefficient (Wildman–Crippen LogP) is 0.356. The number of carbonyl (C=O) groups is 3. The highest BCUT2D eigenvalue weighted by Gasteiger charge is 2.23. The van der Waals surface area contributed by atoms with Crippen LogP contribution in [0, 0.1) is 4.91 Å². The summed E-state index contributed by atoms with van der Waals surface area (Å²) in [4.78, 5) is 44.9. The van der Waals surface area contributed by atoms with Crippen molar-refractivity contribution in [2.45, 2.75) is 59.2 Å². The van der Waals surface area contributed by atoms with Gasteiger partial charge in [-0.25, -0.2) is 0 Å². The van der Waals surface area contributed by atoms with E-state index in [0.717, 1.165) is 0 Å². The Bertz CT molecular complexity index is 374. The summed E-state index contributed by atoms with van der Waals surface area (Å²) in [5, 5.41) is 10.4. The van der Waals surface area contributed by atoms with E-state index < -0.39 is 24.0 Å². The molecule has 0 aromatic heterocycles. The van der Waals surface area contributed by atoms with Gasteiger partial charge in [-0.05, 0) is 34.2 Å². The van der Waals surface area contributed by atoms with Gasteiger partial charge in [0.2, 0.25) is 11.8 Å². The standard InChI is InChI=1S/C12H22N4O4.C2H6/c1-7(13-4)11(18)15-8(2)12(19)16-10(9(3)17)5-6-14-20;1-2/h7-8,10,13H,5-6H2,1-4H3,(H,15,18)(H,16,19);1-2H3/t7-,8-,10-;/m0./s1. The van der Waals surface area contributed by atoms with Crippen molar-refractivity contribution in [3.05, 3.63) is 4.91 Å². The lowest BCUT2D eigenvalue weighted by molar-refractivity contribution is -0.131. The molecule has 128 valence electrons. The summed E-state index contributed by atoms with van der Waals surface area (Å²) >= 11 is 0. The average molecular weight is 316 g/mol. The third-order valence-electron chi connectivity index (χ3n) is 2.89. The molecule has 0 rings (SSSR count). The monoisotopic (exact) mass is 316 g/mol. The fourth-order valence-electron chi connectivity index (χ4n) is 1.39. The van der Waals surface area contributed by atoms with E-state index in [-0.39, 0.29) is 24.7 Å². The third-order valence-corrected chi connectivity index (χ3v) is 2.89. The zero-order valence-electron chi connectivity index (χ0n) is 14.2. The first kappa shape index (κ1) is 22.5. The SMILES string of the molecule is CC.CN[C@@H](C)C(=O)N[C@@H](C)C(=O)N[C@@H](CCN=O)C(C)=O. The Morgan fingerprint density at radius 3 is 1.91 bits per heavy atom. The van der Waals surface area contributed by atoms with Crippen molar-refractivity contribution in [2.75, 3.05) is 13.6 Å². The smallest absolute Gasteiger partial charge is 0.242 e. The molecule has 3 N–H and O–H groups in total. The van der Waals surface area contributed by atoms with Crippen LogP contribution in [0.2, 0.25) is 0 Å². The van der Waals surface area contributed by atoms with Gasteiger partial charge in [-0.2, -0.15) is 4.91 Å². The lowest BCUT2D eigenvalue weighted by Crippen LogP contribution is -2.53. The number of amides is 2. The van der Waals surface area contributed by atoms with Crippen LogP contribution in [0.4, 0.5) is 0 Å². The maximum atomic E-state index is 11.9. The van der Waals surface area contributed by atoms with E-state index in [0.29, 0.717) is 0 Å². The zero-order chi connectivity index (χ0) is 17.7. The van der Waals surface area contributed by atoms with Crippen LogP contribution < -0.4 is 16.0 Å². The number of carbonyl (C=O) groups excluding carboxylic acids is 3. The van der Waals surface area contributed by atoms with Gasteiger partial charge in [0, 0.05) is 0 Å². The number of rotatable bonds is 9. The Hall–Kier alpha value is -1.83. The maximum absolute atomic E-state index is 11.9. The Kier molecular flexibility index (Phi) is 13.1. The van der Waals surface area contributed by atoms with Crippen LogP contribution in [0.25, 0.3) is 0 Å². The highest BCUT2D eigenvalue weighted by molar-refractivity contribution is 5.92. The van der Waals surface area contributed by atoms with Gasteiger partial charge >= 0.3 is 0 Å². The molecule has 3 atom stereocenters. The largest absolute Gasteiger partial charge is 0.344 e. The second-order valence-corrected chi connectivity index (χ2v) is 4.55. The topological polar surface area (TPSA) is 117 Å². The Morgan fingerprint density at radius 2 is 1.50 bits per heavy atom. The summed E-state index contributed by atoms with van der Waals surface area (Å²) < 4.78 is 0. The summed E-state index contributed by atoms with van der Waals surface area (Å²) in [5.74, 6) is -1.05. The van der Waals surface area contributed by atoms with Gasteiger partial charge in [0.1, 0.15) is 6.04 Å². The van der Waals surface area contributed by atoms with Crippen molar-refractivity contribution in [1.82, 2.24) is 16.0 Å². The highest BCUT2D eigenvalue weighted by Crippen LogP contribution is 1.96. The minimum Gasteiger partial charge on any atom is -0.344 e. The lowest BCUT2D eigenvalue weighted by Gasteiger charge is -2.20. The van der Waals surface area contributed by atoms with Gasteiger partial charge in [-0.3, -0.25) is 14.4 Å². The molecule has 0 aliphatic carbocycles. The van der Waals surface area contributed by atoms with Gasteiger partial charge in [0.05, 0.1) is 18.6 Å². The van der Waals surface area contributed by atoms with E-state index in [4.69, 9.17) is 0 Å². The molecule has 0 fully saturated rings. The molecule has 0 aliphatic rings. The quantitative estimate of drug-likeness (QED) is 0.531. The second-order valence-electron chi connectivity index (χ2n) is 4.55. The first-order chi connectivity index (χ1) is 10.3. The summed E-state index contributed by atoms with van der Waals surface area (Å²) in [6.45, 7) is 8.45. The van der Waals surface area contributed by atoms with Crippen molar-refractivity contribution in [2.24, 2.45) is 5.18 Å². The minimum atomic E-state index is -0.774. The Morgan fingerprint density at radius 1 is 1.00 bits per heavy atom. The molecule has 0 aliphatic heterocycles. The molecular weight excluding hydrogens is 288 g/mol. The first-order valence-corrected chi connectivity index (χ1v) is 7.41. The number of hydrogen-bond acceptors (Lipinski definition) is 6. The zero-order valence-corrected chi connectivity index (χ0v) is 14.2. The molecule has 0 spiro atoms. The molecular formula is C14H28N4O4. The van der Waals surface area contributed by atoms with Gasteiger partial charge in [-0.1, -0.05) is 19.0 Å². The fourth-order valence-corrected chi connectivity index (χ4v) is 1.39. The summed E-state index contributed by atoms with van der Waals surface area (Å²) in [5.41, 5.74) is 0. The van der Waals surface area contributed by atoms with Crippen molar-refractivity contribution < 1.29 is 14.4 Å². The second kappa shape index (κ2) is 12.9. The molecule has 8 heteroatoms. The molecule has 22 heavy (non-hydrogen) atoms. The average Bonchev–Trinajstić information content (AvgIpc) is 2.51. The summed E-state index contributed by atoms with van der Waals surface area (Å²) in [6.07, 6.45) is 0.151. The minimum absolute atomic E-state index is 0.0535. The number of nitrogens with zero attached hydrogens (tertiary/aromatic N) is 1. The predicted molar refractivity (Wildman–Crippen MR) is 85.4 cm³/mol. The molecule has 0 saturated heterocycles. The molecule has 8 nitrogen and oxygen atoms in total. The number of nitrogens with one attached hydrogen (secondary N) is 3. The molecule has 0 heterocycles. The van der Waals surface area contributed by atoms with E-state index in [2.05, 4.69) is 21.1 Å². The lowest BCUT2D eigenvalue weighted by atomic mass is 10.1. The van der Waals surface area contributed by atoms with Crippen LogP contribution in [0.15, 0.2) is 5.18 Å². The van der Waals surface area contributed by atoms with Gasteiger partial charge < -0.3 is 16.0 Å². The summed E-state index contributed by atoms with van der Waals surface area (Å²) in [7, 11) is 1.63. The van der Waals surface area contributed by atoms with Crippen LogP contribution >= 0.6 is 0 Å². The van der Waals surface area contributed by atoms with Crippen molar-refractivity contribution in [3.8, 4) is 0 Å². The molecule has 0 aromatic carbocycles. The Balaban J connectivity index is 0. The fraction of sp³-hybridized carbons (Fsp3) is 0.786. The van der Waals surface area contributed by atoms with Crippen LogP contribution in [0.1, 0.15) is 41.0 Å². The number of likely N-dealkylation sites (N-methyl/N-ethyl adjacent to an activating group) is 1. The van der Waals surface area contributed by atoms with Crippen LogP contribution in [-0.4, -0.2) is 49.3 Å². The molecule has 0 saturated carbocycles. The molecule has 0 aromatic rings. The van der Waals surface area contributed by atoms with Crippen LogP contribution in [0.3, 0.4) is 0 Å². The maximum Gasteiger partial charge on any atom is 0.242 e. The molecule has 0 bridgehead atoms. The normalized spacial score (nSPS) is 13.7. The molecule has 0 unspecified atom stereocenters. The highest BCUT2D eigenvalue weighted by atomic mass is 16.3.